The molecular weight excluding hydrogens is 327 g/mol. The summed E-state index contributed by atoms with van der Waals surface area (Å²) < 4.78 is 37.8. The van der Waals surface area contributed by atoms with E-state index in [2.05, 4.69) is 31.9 Å². The molecule has 0 aromatic heterocycles. The van der Waals surface area contributed by atoms with Gasteiger partial charge in [0, 0.05) is 8.95 Å². The maximum absolute atomic E-state index is 12.2. The number of hydrogen-bond acceptors (Lipinski definition) is 1. The van der Waals surface area contributed by atoms with Gasteiger partial charge in [-0.3, -0.25) is 0 Å². The van der Waals surface area contributed by atoms with E-state index in [0.717, 1.165) is 0 Å². The molecule has 2 N–H and O–H groups in total. The first kappa shape index (κ1) is 12.0. The lowest BCUT2D eigenvalue weighted by atomic mass is 10.1. The minimum Gasteiger partial charge on any atom is -0.316 e. The molecule has 1 rings (SSSR count). The van der Waals surface area contributed by atoms with Crippen LogP contribution in [0.3, 0.4) is 0 Å². The topological polar surface area (TPSA) is 26.0 Å². The SMILES string of the molecule is N[C@@H](c1cc(Br)cc(Br)c1)C(F)(F)F. The third-order valence-corrected chi connectivity index (χ3v) is 2.51. The van der Waals surface area contributed by atoms with Crippen LogP contribution in [0.2, 0.25) is 0 Å². The van der Waals surface area contributed by atoms with Gasteiger partial charge in [-0.05, 0) is 23.8 Å². The first-order chi connectivity index (χ1) is 6.30. The van der Waals surface area contributed by atoms with E-state index in [1.54, 1.807) is 6.07 Å². The minimum atomic E-state index is -4.42. The molecule has 0 unspecified atom stereocenters. The summed E-state index contributed by atoms with van der Waals surface area (Å²) in [4.78, 5) is 0. The molecule has 0 aliphatic carbocycles. The van der Waals surface area contributed by atoms with Crippen molar-refractivity contribution in [3.8, 4) is 0 Å². The normalized spacial score (nSPS) is 14.1. The van der Waals surface area contributed by atoms with Gasteiger partial charge in [-0.25, -0.2) is 0 Å². The van der Waals surface area contributed by atoms with Crippen LogP contribution in [0, 0.1) is 0 Å². The van der Waals surface area contributed by atoms with Crippen molar-refractivity contribution in [1.29, 1.82) is 0 Å². The van der Waals surface area contributed by atoms with Gasteiger partial charge in [-0.1, -0.05) is 31.9 Å². The molecule has 0 aliphatic heterocycles. The van der Waals surface area contributed by atoms with Crippen LogP contribution >= 0.6 is 31.9 Å². The third-order valence-electron chi connectivity index (χ3n) is 1.60. The zero-order valence-corrected chi connectivity index (χ0v) is 9.95. The van der Waals surface area contributed by atoms with E-state index in [4.69, 9.17) is 5.73 Å². The highest BCUT2D eigenvalue weighted by Gasteiger charge is 2.37. The molecule has 1 nitrogen and oxygen atoms in total. The summed E-state index contributed by atoms with van der Waals surface area (Å²) in [6.07, 6.45) is -4.42. The molecule has 0 radical (unpaired) electrons. The molecule has 0 aliphatic rings. The maximum atomic E-state index is 12.2. The average Bonchev–Trinajstić information content (AvgIpc) is 1.99. The Labute approximate surface area is 95.7 Å². The number of halogens is 5. The Morgan fingerprint density at radius 3 is 1.86 bits per heavy atom. The Kier molecular flexibility index (Phi) is 3.60. The summed E-state index contributed by atoms with van der Waals surface area (Å²) in [5, 5.41) is 0. The number of nitrogens with two attached hydrogens (primary N) is 1. The van der Waals surface area contributed by atoms with Crippen LogP contribution in [0.1, 0.15) is 11.6 Å². The highest BCUT2D eigenvalue weighted by Crippen LogP contribution is 2.33. The lowest BCUT2D eigenvalue weighted by Crippen LogP contribution is -2.28. The van der Waals surface area contributed by atoms with E-state index in [9.17, 15) is 13.2 Å². The van der Waals surface area contributed by atoms with E-state index >= 15 is 0 Å². The Hall–Kier alpha value is -0.0700. The molecule has 78 valence electrons. The minimum absolute atomic E-state index is 0.0266. The van der Waals surface area contributed by atoms with Crippen molar-refractivity contribution >= 4 is 31.9 Å². The van der Waals surface area contributed by atoms with Gasteiger partial charge in [-0.15, -0.1) is 0 Å². The van der Waals surface area contributed by atoms with Crippen molar-refractivity contribution in [1.82, 2.24) is 0 Å². The average molecular weight is 333 g/mol. The number of alkyl halides is 3. The Morgan fingerprint density at radius 1 is 1.07 bits per heavy atom. The van der Waals surface area contributed by atoms with Crippen LogP contribution in [-0.2, 0) is 0 Å². The molecule has 0 saturated heterocycles. The molecule has 14 heavy (non-hydrogen) atoms. The fraction of sp³-hybridized carbons (Fsp3) is 0.250. The highest BCUT2D eigenvalue weighted by atomic mass is 79.9. The van der Waals surface area contributed by atoms with E-state index in [-0.39, 0.29) is 5.56 Å². The zero-order valence-electron chi connectivity index (χ0n) is 6.78. The molecule has 1 aromatic carbocycles. The van der Waals surface area contributed by atoms with Gasteiger partial charge in [0.15, 0.2) is 0 Å². The van der Waals surface area contributed by atoms with E-state index < -0.39 is 12.2 Å². The molecule has 6 heteroatoms. The van der Waals surface area contributed by atoms with Gasteiger partial charge in [0.05, 0.1) is 0 Å². The van der Waals surface area contributed by atoms with Crippen molar-refractivity contribution in [3.05, 3.63) is 32.7 Å². The number of benzene rings is 1. The van der Waals surface area contributed by atoms with Gasteiger partial charge >= 0.3 is 6.18 Å². The summed E-state index contributed by atoms with van der Waals surface area (Å²) in [6, 6.07) is 2.40. The summed E-state index contributed by atoms with van der Waals surface area (Å²) in [6.45, 7) is 0. The van der Waals surface area contributed by atoms with E-state index in [1.165, 1.54) is 12.1 Å². The molecular formula is C8H6Br2F3N. The van der Waals surface area contributed by atoms with Crippen LogP contribution < -0.4 is 5.73 Å². The second-order valence-corrected chi connectivity index (χ2v) is 4.55. The van der Waals surface area contributed by atoms with E-state index in [1.807, 2.05) is 0 Å². The summed E-state index contributed by atoms with van der Waals surface area (Å²) in [7, 11) is 0. The molecule has 0 bridgehead atoms. The fourth-order valence-electron chi connectivity index (χ4n) is 0.944. The molecule has 1 atom stereocenters. The van der Waals surface area contributed by atoms with Gasteiger partial charge < -0.3 is 5.73 Å². The smallest absolute Gasteiger partial charge is 0.316 e. The van der Waals surface area contributed by atoms with Crippen molar-refractivity contribution < 1.29 is 13.2 Å². The van der Waals surface area contributed by atoms with Crippen LogP contribution in [0.4, 0.5) is 13.2 Å². The molecule has 1 aromatic rings. The monoisotopic (exact) mass is 331 g/mol. The van der Waals surface area contributed by atoms with Gasteiger partial charge in [0.2, 0.25) is 0 Å². The molecule has 0 spiro atoms. The summed E-state index contributed by atoms with van der Waals surface area (Å²) >= 11 is 6.19. The standard InChI is InChI=1S/C8H6Br2F3N/c9-5-1-4(2-6(10)3-5)7(14)8(11,12)13/h1-3,7H,14H2/t7-/m0/s1. The van der Waals surface area contributed by atoms with E-state index in [0.29, 0.717) is 8.95 Å². The molecule has 0 amide bonds. The van der Waals surface area contributed by atoms with Crippen LogP contribution in [0.25, 0.3) is 0 Å². The number of rotatable bonds is 1. The molecule has 0 heterocycles. The van der Waals surface area contributed by atoms with Crippen LogP contribution in [-0.4, -0.2) is 6.18 Å². The number of hydrogen-bond donors (Lipinski definition) is 1. The maximum Gasteiger partial charge on any atom is 0.407 e. The zero-order chi connectivity index (χ0) is 10.9. The quantitative estimate of drug-likeness (QED) is 0.832. The van der Waals surface area contributed by atoms with Crippen LogP contribution in [0.15, 0.2) is 27.1 Å². The van der Waals surface area contributed by atoms with Crippen molar-refractivity contribution in [2.75, 3.05) is 0 Å². The summed E-state index contributed by atoms with van der Waals surface area (Å²) in [5.41, 5.74) is 5.07. The second kappa shape index (κ2) is 4.20. The largest absolute Gasteiger partial charge is 0.407 e. The molecule has 0 fully saturated rings. The van der Waals surface area contributed by atoms with Crippen molar-refractivity contribution in [3.63, 3.8) is 0 Å². The van der Waals surface area contributed by atoms with Crippen LogP contribution in [0.5, 0.6) is 0 Å². The molecule has 0 saturated carbocycles. The fourth-order valence-corrected chi connectivity index (χ4v) is 2.27. The lowest BCUT2D eigenvalue weighted by molar-refractivity contribution is -0.149. The summed E-state index contributed by atoms with van der Waals surface area (Å²) in [5.74, 6) is 0. The predicted octanol–water partition coefficient (Wildman–Crippen LogP) is 3.77. The Bertz CT molecular complexity index is 318. The lowest BCUT2D eigenvalue weighted by Gasteiger charge is -2.16. The van der Waals surface area contributed by atoms with Crippen molar-refractivity contribution in [2.45, 2.75) is 12.2 Å². The first-order valence-electron chi connectivity index (χ1n) is 3.59. The van der Waals surface area contributed by atoms with Gasteiger partial charge in [0.1, 0.15) is 6.04 Å². The van der Waals surface area contributed by atoms with Gasteiger partial charge in [-0.2, -0.15) is 13.2 Å². The third kappa shape index (κ3) is 2.96. The Balaban J connectivity index is 3.07. The second-order valence-electron chi connectivity index (χ2n) is 2.72. The predicted molar refractivity (Wildman–Crippen MR) is 54.8 cm³/mol. The Morgan fingerprint density at radius 2 is 1.50 bits per heavy atom. The van der Waals surface area contributed by atoms with Crippen molar-refractivity contribution in [2.24, 2.45) is 5.73 Å². The first-order valence-corrected chi connectivity index (χ1v) is 5.17. The van der Waals surface area contributed by atoms with Gasteiger partial charge in [0.25, 0.3) is 0 Å². The highest BCUT2D eigenvalue weighted by molar-refractivity contribution is 9.11.